The summed E-state index contributed by atoms with van der Waals surface area (Å²) in [5, 5.41) is 0.740. The van der Waals surface area contributed by atoms with E-state index < -0.39 is 15.6 Å². The summed E-state index contributed by atoms with van der Waals surface area (Å²) in [7, 11) is -3.39. The van der Waals surface area contributed by atoms with E-state index in [9.17, 15) is 8.42 Å². The second kappa shape index (κ2) is 9.07. The lowest BCUT2D eigenvalue weighted by molar-refractivity contribution is 0.488. The first kappa shape index (κ1) is 23.7. The molecule has 3 aromatic rings. The second-order valence-corrected chi connectivity index (χ2v) is 13.0. The summed E-state index contributed by atoms with van der Waals surface area (Å²) < 4.78 is 30.7. The highest BCUT2D eigenvalue weighted by molar-refractivity contribution is 14.1. The van der Waals surface area contributed by atoms with Crippen molar-refractivity contribution >= 4 is 61.4 Å². The quantitative estimate of drug-likeness (QED) is 0.405. The number of benzene rings is 1. The van der Waals surface area contributed by atoms with Crippen molar-refractivity contribution in [3.63, 3.8) is 0 Å². The smallest absolute Gasteiger partial charge is 0.212 e. The fourth-order valence-electron chi connectivity index (χ4n) is 3.89. The van der Waals surface area contributed by atoms with E-state index in [1.165, 1.54) is 27.4 Å². The molecule has 2 aromatic heterocycles. The van der Waals surface area contributed by atoms with Gasteiger partial charge in [-0.2, -0.15) is 0 Å². The molecule has 0 spiro atoms. The normalized spacial score (nSPS) is 14.2. The number of aromatic nitrogens is 4. The Labute approximate surface area is 206 Å². The van der Waals surface area contributed by atoms with Crippen molar-refractivity contribution in [2.75, 3.05) is 11.5 Å². The SMILES string of the molecule is CC(C)(C)NS(=O)(=O)CCCn1c(Sc2cc3c(cc2I)CCC3)nc2c(N)ncnc21. The average molecular weight is 587 g/mol. The molecule has 0 aliphatic heterocycles. The van der Waals surface area contributed by atoms with Crippen molar-refractivity contribution in [3.05, 3.63) is 33.2 Å². The van der Waals surface area contributed by atoms with Gasteiger partial charge < -0.3 is 10.3 Å². The van der Waals surface area contributed by atoms with Crippen molar-refractivity contribution < 1.29 is 8.42 Å². The van der Waals surface area contributed by atoms with E-state index in [1.54, 1.807) is 11.8 Å². The summed E-state index contributed by atoms with van der Waals surface area (Å²) in [6.07, 6.45) is 5.28. The minimum Gasteiger partial charge on any atom is -0.382 e. The zero-order valence-corrected chi connectivity index (χ0v) is 22.1. The molecule has 0 unspecified atom stereocenters. The number of nitrogens with zero attached hydrogens (tertiary/aromatic N) is 4. The maximum atomic E-state index is 12.4. The summed E-state index contributed by atoms with van der Waals surface area (Å²) >= 11 is 3.94. The summed E-state index contributed by atoms with van der Waals surface area (Å²) in [5.41, 5.74) is 9.55. The van der Waals surface area contributed by atoms with E-state index in [1.807, 2.05) is 25.3 Å². The average Bonchev–Trinajstić information content (AvgIpc) is 3.25. The molecule has 0 saturated carbocycles. The van der Waals surface area contributed by atoms with Gasteiger partial charge in [0.2, 0.25) is 10.0 Å². The highest BCUT2D eigenvalue weighted by Gasteiger charge is 2.22. The summed E-state index contributed by atoms with van der Waals surface area (Å²) in [5.74, 6) is 0.339. The Morgan fingerprint density at radius 3 is 2.66 bits per heavy atom. The van der Waals surface area contributed by atoms with Gasteiger partial charge in [0, 0.05) is 20.5 Å². The molecule has 0 fully saturated rings. The van der Waals surface area contributed by atoms with E-state index in [4.69, 9.17) is 10.7 Å². The number of halogens is 1. The highest BCUT2D eigenvalue weighted by Crippen LogP contribution is 2.37. The number of sulfonamides is 1. The molecule has 32 heavy (non-hydrogen) atoms. The first-order chi connectivity index (χ1) is 15.0. The zero-order valence-electron chi connectivity index (χ0n) is 18.4. The minimum absolute atomic E-state index is 0.0188. The fraction of sp³-hybridized carbons (Fsp3) is 0.476. The summed E-state index contributed by atoms with van der Waals surface area (Å²) in [6.45, 7) is 5.96. The van der Waals surface area contributed by atoms with Crippen LogP contribution in [0.2, 0.25) is 0 Å². The van der Waals surface area contributed by atoms with Gasteiger partial charge in [0.15, 0.2) is 22.1 Å². The monoisotopic (exact) mass is 586 g/mol. The Hall–Kier alpha value is -1.44. The van der Waals surface area contributed by atoms with Crippen molar-refractivity contribution in [2.24, 2.45) is 0 Å². The molecule has 1 aromatic carbocycles. The van der Waals surface area contributed by atoms with Crippen LogP contribution in [0.3, 0.4) is 0 Å². The third kappa shape index (κ3) is 5.37. The molecular formula is C21H27IN6O2S2. The molecule has 172 valence electrons. The Morgan fingerprint density at radius 2 is 1.94 bits per heavy atom. The molecule has 2 heterocycles. The third-order valence-electron chi connectivity index (χ3n) is 5.13. The number of nitrogens with one attached hydrogen (secondary N) is 1. The lowest BCUT2D eigenvalue weighted by atomic mass is 10.1. The Morgan fingerprint density at radius 1 is 1.22 bits per heavy atom. The Balaban J connectivity index is 1.62. The van der Waals surface area contributed by atoms with Gasteiger partial charge >= 0.3 is 0 Å². The van der Waals surface area contributed by atoms with Gasteiger partial charge in [-0.05, 0) is 92.3 Å². The van der Waals surface area contributed by atoms with Crippen LogP contribution >= 0.6 is 34.4 Å². The van der Waals surface area contributed by atoms with Crippen molar-refractivity contribution in [3.8, 4) is 0 Å². The van der Waals surface area contributed by atoms with Gasteiger partial charge in [0.25, 0.3) is 0 Å². The Bertz CT molecular complexity index is 1270. The molecule has 0 radical (unpaired) electrons. The van der Waals surface area contributed by atoms with Gasteiger partial charge in [0.1, 0.15) is 6.33 Å². The van der Waals surface area contributed by atoms with Crippen molar-refractivity contribution in [1.82, 2.24) is 24.2 Å². The van der Waals surface area contributed by atoms with Gasteiger partial charge in [0.05, 0.1) is 5.75 Å². The van der Waals surface area contributed by atoms with Crippen LogP contribution in [-0.4, -0.2) is 39.2 Å². The Kier molecular flexibility index (Phi) is 6.72. The van der Waals surface area contributed by atoms with Gasteiger partial charge in [-0.15, -0.1) is 0 Å². The number of aryl methyl sites for hydroxylation is 3. The number of anilines is 1. The predicted molar refractivity (Wildman–Crippen MR) is 136 cm³/mol. The topological polar surface area (TPSA) is 116 Å². The van der Waals surface area contributed by atoms with Gasteiger partial charge in [-0.3, -0.25) is 0 Å². The van der Waals surface area contributed by atoms with Crippen LogP contribution in [0.1, 0.15) is 44.7 Å². The van der Waals surface area contributed by atoms with Gasteiger partial charge in [-0.1, -0.05) is 11.8 Å². The van der Waals surface area contributed by atoms with Crippen LogP contribution < -0.4 is 10.5 Å². The fourth-order valence-corrected chi connectivity index (χ4v) is 7.28. The first-order valence-corrected chi connectivity index (χ1v) is 14.0. The van der Waals surface area contributed by atoms with Crippen LogP contribution in [0.15, 0.2) is 28.5 Å². The standard InChI is InChI=1S/C21H27IN6O2S2/c1-21(2,3)27-32(29,30)9-5-8-28-19-17(18(23)24-12-25-19)26-20(28)31-16-11-14-7-4-6-13(14)10-15(16)22/h10-12,27H,4-9H2,1-3H3,(H2,23,24,25). The molecule has 4 rings (SSSR count). The number of hydrogen-bond acceptors (Lipinski definition) is 7. The first-order valence-electron chi connectivity index (χ1n) is 10.5. The van der Waals surface area contributed by atoms with Crippen molar-refractivity contribution in [2.45, 2.75) is 68.6 Å². The van der Waals surface area contributed by atoms with E-state index in [-0.39, 0.29) is 5.75 Å². The van der Waals surface area contributed by atoms with Gasteiger partial charge in [-0.25, -0.2) is 28.1 Å². The molecular weight excluding hydrogens is 559 g/mol. The minimum atomic E-state index is -3.39. The molecule has 0 saturated heterocycles. The summed E-state index contributed by atoms with van der Waals surface area (Å²) in [6, 6.07) is 4.52. The third-order valence-corrected chi connectivity index (χ3v) is 9.19. The zero-order chi connectivity index (χ0) is 23.1. The van der Waals surface area contributed by atoms with Crippen molar-refractivity contribution in [1.29, 1.82) is 0 Å². The molecule has 0 amide bonds. The van der Waals surface area contributed by atoms with E-state index in [0.717, 1.165) is 22.9 Å². The van der Waals surface area contributed by atoms with Crippen LogP contribution in [0.25, 0.3) is 11.2 Å². The molecule has 3 N–H and O–H groups in total. The lowest BCUT2D eigenvalue weighted by Gasteiger charge is -2.20. The van der Waals surface area contributed by atoms with Crippen LogP contribution in [0, 0.1) is 3.57 Å². The predicted octanol–water partition coefficient (Wildman–Crippen LogP) is 3.76. The maximum Gasteiger partial charge on any atom is 0.212 e. The number of nitrogens with two attached hydrogens (primary N) is 1. The second-order valence-electron chi connectivity index (χ2n) is 9.01. The number of hydrogen-bond donors (Lipinski definition) is 2. The molecule has 1 aliphatic carbocycles. The van der Waals surface area contributed by atoms with E-state index >= 15 is 0 Å². The van der Waals surface area contributed by atoms with E-state index in [2.05, 4.69) is 49.4 Å². The highest BCUT2D eigenvalue weighted by atomic mass is 127. The van der Waals surface area contributed by atoms with Crippen LogP contribution in [-0.2, 0) is 29.4 Å². The number of imidazole rings is 1. The number of rotatable bonds is 7. The number of fused-ring (bicyclic) bond motifs is 2. The molecule has 1 aliphatic rings. The maximum absolute atomic E-state index is 12.4. The molecule has 8 nitrogen and oxygen atoms in total. The molecule has 0 atom stereocenters. The molecule has 11 heteroatoms. The largest absolute Gasteiger partial charge is 0.382 e. The molecule has 0 bridgehead atoms. The lowest BCUT2D eigenvalue weighted by Crippen LogP contribution is -2.41. The number of nitrogen functional groups attached to an aromatic ring is 1. The van der Waals surface area contributed by atoms with Crippen LogP contribution in [0.4, 0.5) is 5.82 Å². The van der Waals surface area contributed by atoms with E-state index in [0.29, 0.717) is 29.9 Å². The van der Waals surface area contributed by atoms with Crippen LogP contribution in [0.5, 0.6) is 0 Å². The summed E-state index contributed by atoms with van der Waals surface area (Å²) in [4.78, 5) is 14.3.